The zero-order valence-electron chi connectivity index (χ0n) is 20.8. The van der Waals surface area contributed by atoms with Gasteiger partial charge < -0.3 is 10.2 Å². The van der Waals surface area contributed by atoms with Crippen LogP contribution in [0.25, 0.3) is 0 Å². The monoisotopic (exact) mass is 464 g/mol. The van der Waals surface area contributed by atoms with Gasteiger partial charge in [-0.2, -0.15) is 0 Å². The summed E-state index contributed by atoms with van der Waals surface area (Å²) in [6.45, 7) is 4.45. The van der Waals surface area contributed by atoms with Crippen LogP contribution in [0.1, 0.15) is 155 Å². The molecule has 0 aromatic carbocycles. The Kier molecular flexibility index (Phi) is 25.7. The van der Waals surface area contributed by atoms with Gasteiger partial charge in [0.05, 0.1) is 0 Å². The number of hydrogen-bond donors (Lipinski definition) is 2. The first-order valence-electron chi connectivity index (χ1n) is 13.5. The Balaban J connectivity index is 0. The Labute approximate surface area is 221 Å². The third-order valence-electron chi connectivity index (χ3n) is 6.73. The first-order valence-corrected chi connectivity index (χ1v) is 13.5. The predicted octanol–water partition coefficient (Wildman–Crippen LogP) is 8.12. The van der Waals surface area contributed by atoms with E-state index in [1.807, 2.05) is 0 Å². The molecule has 32 heavy (non-hydrogen) atoms. The number of carboxylic acid groups (broad SMARTS) is 2. The van der Waals surface area contributed by atoms with Gasteiger partial charge >= 0.3 is 41.5 Å². The van der Waals surface area contributed by atoms with E-state index in [1.54, 1.807) is 0 Å². The average Bonchev–Trinajstić information content (AvgIpc) is 2.74. The third-order valence-corrected chi connectivity index (χ3v) is 6.73. The molecule has 186 valence electrons. The van der Waals surface area contributed by atoms with Crippen molar-refractivity contribution in [2.45, 2.75) is 155 Å². The summed E-state index contributed by atoms with van der Waals surface area (Å²) in [4.78, 5) is 23.7. The zero-order chi connectivity index (χ0) is 23.2. The van der Waals surface area contributed by atoms with Crippen LogP contribution in [-0.4, -0.2) is 51.7 Å². The molecule has 0 fully saturated rings. The Morgan fingerprint density at radius 1 is 0.469 bits per heavy atom. The van der Waals surface area contributed by atoms with Gasteiger partial charge in [0.2, 0.25) is 0 Å². The number of rotatable bonds is 24. The molecule has 0 bridgehead atoms. The van der Waals surface area contributed by atoms with E-state index in [2.05, 4.69) is 13.8 Å². The standard InChI is InChI=1S/C27H52O4.Na.H/c1-3-5-7-9-11-13-15-17-19-21-23-27(25(28)29,26(30)31)24-22-20-18-16-14-12-10-8-6-4-2;;/h3-24H2,1-2H3,(H,28,29)(H,30,31);;. The Bertz CT molecular complexity index is 399. The number of carbonyl (C=O) groups is 2. The van der Waals surface area contributed by atoms with Gasteiger partial charge in [-0.25, -0.2) is 0 Å². The van der Waals surface area contributed by atoms with Gasteiger partial charge in [0, 0.05) is 0 Å². The van der Waals surface area contributed by atoms with Crippen molar-refractivity contribution in [3.63, 3.8) is 0 Å². The molecule has 0 rings (SSSR count). The zero-order valence-corrected chi connectivity index (χ0v) is 20.8. The topological polar surface area (TPSA) is 74.6 Å². The van der Waals surface area contributed by atoms with Gasteiger partial charge in [0.25, 0.3) is 0 Å². The van der Waals surface area contributed by atoms with Gasteiger partial charge in [-0.05, 0) is 12.8 Å². The molecule has 5 heteroatoms. The van der Waals surface area contributed by atoms with E-state index in [0.717, 1.165) is 25.7 Å². The van der Waals surface area contributed by atoms with E-state index in [9.17, 15) is 19.8 Å². The fraction of sp³-hybridized carbons (Fsp3) is 0.926. The predicted molar refractivity (Wildman–Crippen MR) is 138 cm³/mol. The average molecular weight is 465 g/mol. The fourth-order valence-corrected chi connectivity index (χ4v) is 4.47. The van der Waals surface area contributed by atoms with Crippen LogP contribution < -0.4 is 0 Å². The first kappa shape index (κ1) is 34.1. The third kappa shape index (κ3) is 17.4. The molecular weight excluding hydrogens is 411 g/mol. The van der Waals surface area contributed by atoms with Gasteiger partial charge in [0.1, 0.15) is 0 Å². The summed E-state index contributed by atoms with van der Waals surface area (Å²) in [6.07, 6.45) is 23.9. The summed E-state index contributed by atoms with van der Waals surface area (Å²) in [5, 5.41) is 19.4. The van der Waals surface area contributed by atoms with E-state index in [1.165, 1.54) is 89.9 Å². The van der Waals surface area contributed by atoms with Crippen molar-refractivity contribution in [2.75, 3.05) is 0 Å². The van der Waals surface area contributed by atoms with Gasteiger partial charge in [-0.3, -0.25) is 9.59 Å². The van der Waals surface area contributed by atoms with Crippen LogP contribution in [0.2, 0.25) is 0 Å². The van der Waals surface area contributed by atoms with Crippen molar-refractivity contribution in [3.05, 3.63) is 0 Å². The van der Waals surface area contributed by atoms with Gasteiger partial charge in [0.15, 0.2) is 5.41 Å². The second-order valence-corrected chi connectivity index (χ2v) is 9.56. The molecule has 0 radical (unpaired) electrons. The van der Waals surface area contributed by atoms with Crippen LogP contribution in [0.3, 0.4) is 0 Å². The molecule has 0 unspecified atom stereocenters. The second-order valence-electron chi connectivity index (χ2n) is 9.56. The van der Waals surface area contributed by atoms with Crippen LogP contribution in [0.15, 0.2) is 0 Å². The van der Waals surface area contributed by atoms with Crippen molar-refractivity contribution >= 4 is 41.5 Å². The number of carboxylic acids is 2. The Morgan fingerprint density at radius 3 is 0.906 bits per heavy atom. The van der Waals surface area contributed by atoms with Crippen LogP contribution in [-0.2, 0) is 9.59 Å². The molecule has 0 aromatic rings. The van der Waals surface area contributed by atoms with Crippen LogP contribution in [0.4, 0.5) is 0 Å². The summed E-state index contributed by atoms with van der Waals surface area (Å²) in [5.41, 5.74) is -1.58. The number of hydrogen-bond acceptors (Lipinski definition) is 2. The van der Waals surface area contributed by atoms with Crippen LogP contribution >= 0.6 is 0 Å². The van der Waals surface area contributed by atoms with Crippen LogP contribution in [0, 0.1) is 5.41 Å². The maximum absolute atomic E-state index is 11.9. The second kappa shape index (κ2) is 24.1. The molecule has 0 amide bonds. The fourth-order valence-electron chi connectivity index (χ4n) is 4.47. The summed E-state index contributed by atoms with van der Waals surface area (Å²) in [5.74, 6) is -2.29. The molecule has 0 saturated heterocycles. The maximum atomic E-state index is 11.9. The van der Waals surface area contributed by atoms with E-state index in [4.69, 9.17) is 0 Å². The SMILES string of the molecule is CCCCCCCCCCCCC(CCCCCCCCCCCC)(C(=O)O)C(=O)O.[NaH]. The van der Waals surface area contributed by atoms with Crippen LogP contribution in [0.5, 0.6) is 0 Å². The molecule has 0 spiro atoms. The molecule has 0 saturated carbocycles. The molecule has 0 aliphatic carbocycles. The minimum atomic E-state index is -1.58. The molecule has 0 atom stereocenters. The van der Waals surface area contributed by atoms with Crippen molar-refractivity contribution in [3.8, 4) is 0 Å². The van der Waals surface area contributed by atoms with E-state index >= 15 is 0 Å². The number of unbranched alkanes of at least 4 members (excludes halogenated alkanes) is 18. The van der Waals surface area contributed by atoms with Crippen molar-refractivity contribution in [1.29, 1.82) is 0 Å². The Hall–Kier alpha value is -0.0600. The molecule has 0 heterocycles. The van der Waals surface area contributed by atoms with E-state index in [0.29, 0.717) is 12.8 Å². The molecule has 2 N–H and O–H groups in total. The van der Waals surface area contributed by atoms with E-state index in [-0.39, 0.29) is 42.4 Å². The summed E-state index contributed by atoms with van der Waals surface area (Å²) < 4.78 is 0. The Morgan fingerprint density at radius 2 is 0.688 bits per heavy atom. The normalized spacial score (nSPS) is 11.3. The van der Waals surface area contributed by atoms with Gasteiger partial charge in [-0.15, -0.1) is 0 Å². The molecule has 4 nitrogen and oxygen atoms in total. The van der Waals surface area contributed by atoms with Crippen molar-refractivity contribution in [2.24, 2.45) is 5.41 Å². The molecular formula is C27H53NaO4. The first-order chi connectivity index (χ1) is 15.0. The van der Waals surface area contributed by atoms with E-state index < -0.39 is 17.4 Å². The summed E-state index contributed by atoms with van der Waals surface area (Å²) in [6, 6.07) is 0. The minimum absolute atomic E-state index is 0. The quantitative estimate of drug-likeness (QED) is 0.0859. The molecule has 0 aliphatic heterocycles. The number of aliphatic carboxylic acids is 2. The summed E-state index contributed by atoms with van der Waals surface area (Å²) in [7, 11) is 0. The van der Waals surface area contributed by atoms with Crippen molar-refractivity contribution in [1.82, 2.24) is 0 Å². The van der Waals surface area contributed by atoms with Gasteiger partial charge in [-0.1, -0.05) is 142 Å². The molecule has 0 aromatic heterocycles. The molecule has 0 aliphatic rings. The summed E-state index contributed by atoms with van der Waals surface area (Å²) >= 11 is 0. The van der Waals surface area contributed by atoms with Crippen molar-refractivity contribution < 1.29 is 19.8 Å².